The second kappa shape index (κ2) is 8.15. The van der Waals surface area contributed by atoms with Crippen molar-refractivity contribution in [3.8, 4) is 0 Å². The number of hydrogen-bond donors (Lipinski definition) is 2. The first-order valence-corrected chi connectivity index (χ1v) is 8.27. The molecule has 2 atom stereocenters. The first-order chi connectivity index (χ1) is 11.0. The number of aromatic nitrogens is 1. The van der Waals surface area contributed by atoms with Crippen molar-refractivity contribution >= 4 is 11.8 Å². The molecule has 23 heavy (non-hydrogen) atoms. The predicted molar refractivity (Wildman–Crippen MR) is 91.4 cm³/mol. The minimum absolute atomic E-state index is 0.115. The van der Waals surface area contributed by atoms with Gasteiger partial charge in [0.05, 0.1) is 6.10 Å². The van der Waals surface area contributed by atoms with E-state index in [0.29, 0.717) is 13.1 Å². The maximum atomic E-state index is 12.3. The Morgan fingerprint density at radius 1 is 1.35 bits per heavy atom. The van der Waals surface area contributed by atoms with E-state index in [1.807, 2.05) is 31.1 Å². The molecule has 2 N–H and O–H groups in total. The van der Waals surface area contributed by atoms with Crippen LogP contribution in [0.5, 0.6) is 0 Å². The van der Waals surface area contributed by atoms with E-state index in [0.717, 1.165) is 37.1 Å². The highest BCUT2D eigenvalue weighted by Gasteiger charge is 2.25. The van der Waals surface area contributed by atoms with Crippen LogP contribution in [0.2, 0.25) is 0 Å². The molecule has 1 saturated carbocycles. The molecule has 2 rings (SSSR count). The van der Waals surface area contributed by atoms with Gasteiger partial charge in [-0.2, -0.15) is 0 Å². The molecule has 0 saturated heterocycles. The molecular weight excluding hydrogens is 292 g/mol. The Hall–Kier alpha value is -1.82. The molecule has 0 bridgehead atoms. The summed E-state index contributed by atoms with van der Waals surface area (Å²) >= 11 is 0. The van der Waals surface area contributed by atoms with Gasteiger partial charge in [-0.15, -0.1) is 0 Å². The van der Waals surface area contributed by atoms with Crippen LogP contribution in [0, 0.1) is 5.92 Å². The van der Waals surface area contributed by atoms with Gasteiger partial charge in [-0.1, -0.05) is 18.9 Å². The van der Waals surface area contributed by atoms with E-state index in [2.05, 4.69) is 10.3 Å². The van der Waals surface area contributed by atoms with E-state index in [-0.39, 0.29) is 18.1 Å². The summed E-state index contributed by atoms with van der Waals surface area (Å²) < 4.78 is 0. The molecule has 2 amide bonds. The van der Waals surface area contributed by atoms with Crippen LogP contribution in [0.15, 0.2) is 18.3 Å². The highest BCUT2D eigenvalue weighted by atomic mass is 16.3. The van der Waals surface area contributed by atoms with Crippen LogP contribution < -0.4 is 10.2 Å². The molecule has 1 aromatic rings. The van der Waals surface area contributed by atoms with Gasteiger partial charge in [0.25, 0.3) is 0 Å². The van der Waals surface area contributed by atoms with Crippen molar-refractivity contribution in [3.63, 3.8) is 0 Å². The van der Waals surface area contributed by atoms with Crippen LogP contribution in [0.4, 0.5) is 10.6 Å². The molecule has 1 aliphatic carbocycles. The van der Waals surface area contributed by atoms with Crippen LogP contribution in [0.1, 0.15) is 31.2 Å². The number of aliphatic hydroxyl groups is 1. The van der Waals surface area contributed by atoms with Crippen LogP contribution >= 0.6 is 0 Å². The largest absolute Gasteiger partial charge is 0.393 e. The Morgan fingerprint density at radius 2 is 2.09 bits per heavy atom. The fraction of sp³-hybridized carbons (Fsp3) is 0.647. The van der Waals surface area contributed by atoms with Gasteiger partial charge in [-0.3, -0.25) is 0 Å². The number of nitrogens with zero attached hydrogens (tertiary/aromatic N) is 3. The Kier molecular flexibility index (Phi) is 6.21. The normalized spacial score (nSPS) is 20.9. The van der Waals surface area contributed by atoms with E-state index < -0.39 is 0 Å². The summed E-state index contributed by atoms with van der Waals surface area (Å²) in [5.41, 5.74) is 0.983. The topological polar surface area (TPSA) is 68.7 Å². The lowest BCUT2D eigenvalue weighted by molar-refractivity contribution is 0.0565. The number of nitrogens with one attached hydrogen (secondary N) is 1. The second-order valence-corrected chi connectivity index (χ2v) is 6.53. The minimum atomic E-state index is -0.280. The lowest BCUT2D eigenvalue weighted by Crippen LogP contribution is -2.42. The van der Waals surface area contributed by atoms with Gasteiger partial charge in [0.1, 0.15) is 5.82 Å². The van der Waals surface area contributed by atoms with E-state index >= 15 is 0 Å². The van der Waals surface area contributed by atoms with E-state index in [1.165, 1.54) is 0 Å². The third kappa shape index (κ3) is 4.82. The van der Waals surface area contributed by atoms with Crippen molar-refractivity contribution in [3.05, 3.63) is 23.9 Å². The Labute approximate surface area is 138 Å². The van der Waals surface area contributed by atoms with Gasteiger partial charge in [-0.05, 0) is 18.9 Å². The second-order valence-electron chi connectivity index (χ2n) is 6.53. The molecule has 0 aliphatic heterocycles. The molecule has 1 heterocycles. The van der Waals surface area contributed by atoms with Gasteiger partial charge < -0.3 is 20.2 Å². The summed E-state index contributed by atoms with van der Waals surface area (Å²) in [6, 6.07) is 3.72. The van der Waals surface area contributed by atoms with Crippen molar-refractivity contribution in [1.29, 1.82) is 0 Å². The molecule has 1 fully saturated rings. The first-order valence-electron chi connectivity index (χ1n) is 8.27. The average molecular weight is 320 g/mol. The third-order valence-electron chi connectivity index (χ3n) is 4.45. The molecule has 1 aliphatic rings. The molecule has 6 heteroatoms. The lowest BCUT2D eigenvalue weighted by Gasteiger charge is -2.31. The number of amides is 2. The number of hydrogen-bond acceptors (Lipinski definition) is 4. The number of carbonyl (C=O) groups excluding carboxylic acids is 1. The number of urea groups is 1. The lowest BCUT2D eigenvalue weighted by atomic mass is 9.86. The maximum Gasteiger partial charge on any atom is 0.317 e. The summed E-state index contributed by atoms with van der Waals surface area (Å²) in [4.78, 5) is 20.2. The first kappa shape index (κ1) is 17.5. The van der Waals surface area contributed by atoms with Crippen LogP contribution in [-0.2, 0) is 6.54 Å². The molecule has 2 unspecified atom stereocenters. The molecule has 128 valence electrons. The Morgan fingerprint density at radius 3 is 2.78 bits per heavy atom. The van der Waals surface area contributed by atoms with E-state index in [4.69, 9.17) is 0 Å². The average Bonchev–Trinajstić information content (AvgIpc) is 2.54. The SMILES string of the molecule is CN(CC1CCCCC1O)C(=O)NCc1cccnc1N(C)C. The number of aliphatic hydroxyl groups excluding tert-OH is 1. The van der Waals surface area contributed by atoms with Gasteiger partial charge in [0.15, 0.2) is 0 Å². The fourth-order valence-corrected chi connectivity index (χ4v) is 3.11. The molecule has 6 nitrogen and oxygen atoms in total. The van der Waals surface area contributed by atoms with Crippen molar-refractivity contribution in [2.24, 2.45) is 5.92 Å². The van der Waals surface area contributed by atoms with E-state index in [9.17, 15) is 9.90 Å². The zero-order valence-electron chi connectivity index (χ0n) is 14.3. The summed E-state index contributed by atoms with van der Waals surface area (Å²) in [5.74, 6) is 1.05. The smallest absolute Gasteiger partial charge is 0.317 e. The minimum Gasteiger partial charge on any atom is -0.393 e. The van der Waals surface area contributed by atoms with Crippen LogP contribution in [0.3, 0.4) is 0 Å². The summed E-state index contributed by atoms with van der Waals surface area (Å²) in [6.07, 6.45) is 5.53. The number of pyridine rings is 1. The summed E-state index contributed by atoms with van der Waals surface area (Å²) in [7, 11) is 5.65. The molecule has 0 radical (unpaired) electrons. The monoisotopic (exact) mass is 320 g/mol. The predicted octanol–water partition coefficient (Wildman–Crippen LogP) is 1.84. The molecule has 0 aromatic carbocycles. The standard InChI is InChI=1S/C17H28N4O2/c1-20(2)16-13(8-6-10-18-16)11-19-17(23)21(3)12-14-7-4-5-9-15(14)22/h6,8,10,14-15,22H,4-5,7,9,11-12H2,1-3H3,(H,19,23). The van der Waals surface area contributed by atoms with Crippen LogP contribution in [-0.4, -0.2) is 54.8 Å². The zero-order valence-corrected chi connectivity index (χ0v) is 14.3. The van der Waals surface area contributed by atoms with Gasteiger partial charge in [0.2, 0.25) is 0 Å². The van der Waals surface area contributed by atoms with Crippen molar-refractivity contribution < 1.29 is 9.90 Å². The van der Waals surface area contributed by atoms with Crippen LogP contribution in [0.25, 0.3) is 0 Å². The number of carbonyl (C=O) groups is 1. The van der Waals surface area contributed by atoms with Crippen molar-refractivity contribution in [2.45, 2.75) is 38.3 Å². The highest BCUT2D eigenvalue weighted by molar-refractivity contribution is 5.74. The quantitative estimate of drug-likeness (QED) is 0.868. The summed E-state index contributed by atoms with van der Waals surface area (Å²) in [5, 5.41) is 13.0. The fourth-order valence-electron chi connectivity index (χ4n) is 3.11. The highest BCUT2D eigenvalue weighted by Crippen LogP contribution is 2.24. The van der Waals surface area contributed by atoms with Crippen molar-refractivity contribution in [2.75, 3.05) is 32.6 Å². The van der Waals surface area contributed by atoms with Gasteiger partial charge in [-0.25, -0.2) is 9.78 Å². The molecule has 0 spiro atoms. The maximum absolute atomic E-state index is 12.3. The zero-order chi connectivity index (χ0) is 16.8. The molecular formula is C17H28N4O2. The number of rotatable bonds is 5. The van der Waals surface area contributed by atoms with Gasteiger partial charge >= 0.3 is 6.03 Å². The Balaban J connectivity index is 1.87. The van der Waals surface area contributed by atoms with Crippen molar-refractivity contribution in [1.82, 2.24) is 15.2 Å². The molecule has 1 aromatic heterocycles. The van der Waals surface area contributed by atoms with E-state index in [1.54, 1.807) is 18.1 Å². The third-order valence-corrected chi connectivity index (χ3v) is 4.45. The van der Waals surface area contributed by atoms with Gasteiger partial charge in [0, 0.05) is 51.9 Å². The Bertz CT molecular complexity index is 521. The number of anilines is 1. The summed E-state index contributed by atoms with van der Waals surface area (Å²) in [6.45, 7) is 1.04.